The van der Waals surface area contributed by atoms with Gasteiger partial charge in [0.1, 0.15) is 5.82 Å². The first-order chi connectivity index (χ1) is 10.00. The van der Waals surface area contributed by atoms with Gasteiger partial charge in [-0.15, -0.1) is 0 Å². The van der Waals surface area contributed by atoms with Crippen molar-refractivity contribution in [3.63, 3.8) is 0 Å². The predicted molar refractivity (Wildman–Crippen MR) is 85.1 cm³/mol. The zero-order valence-corrected chi connectivity index (χ0v) is 13.2. The van der Waals surface area contributed by atoms with E-state index in [1.807, 2.05) is 53.7 Å². The summed E-state index contributed by atoms with van der Waals surface area (Å²) in [6.07, 6.45) is 3.60. The summed E-state index contributed by atoms with van der Waals surface area (Å²) in [5, 5.41) is 0. The molecule has 0 N–H and O–H groups in total. The molecule has 0 atom stereocenters. The standard InChI is InChI=1S/C18H24N2/c1-11(2)17-7-15(8-18(12(3)4)13(17)5)16-9-19-14(6)20-10-16/h7-12H,1-6H3/i11D,12D. The van der Waals surface area contributed by atoms with Gasteiger partial charge < -0.3 is 0 Å². The van der Waals surface area contributed by atoms with E-state index >= 15 is 0 Å². The summed E-state index contributed by atoms with van der Waals surface area (Å²) in [5.41, 5.74) is 4.80. The highest BCUT2D eigenvalue weighted by atomic mass is 14.8. The van der Waals surface area contributed by atoms with Gasteiger partial charge in [0.2, 0.25) is 0 Å². The van der Waals surface area contributed by atoms with Crippen molar-refractivity contribution in [2.45, 2.75) is 53.3 Å². The van der Waals surface area contributed by atoms with Crippen molar-refractivity contribution in [1.29, 1.82) is 0 Å². The van der Waals surface area contributed by atoms with Crippen LogP contribution < -0.4 is 0 Å². The van der Waals surface area contributed by atoms with E-state index in [0.29, 0.717) is 0 Å². The number of aromatic nitrogens is 2. The van der Waals surface area contributed by atoms with Crippen LogP contribution in [0.1, 0.15) is 64.7 Å². The highest BCUT2D eigenvalue weighted by molar-refractivity contribution is 5.65. The van der Waals surface area contributed by atoms with E-state index in [9.17, 15) is 0 Å². The molecule has 2 heteroatoms. The molecule has 1 heterocycles. The molecule has 2 aromatic rings. The maximum Gasteiger partial charge on any atom is 0.125 e. The average molecular weight is 270 g/mol. The quantitative estimate of drug-likeness (QED) is 0.783. The number of hydrogen-bond acceptors (Lipinski definition) is 2. The lowest BCUT2D eigenvalue weighted by molar-refractivity contribution is 0.818. The van der Waals surface area contributed by atoms with Crippen molar-refractivity contribution in [2.75, 3.05) is 0 Å². The van der Waals surface area contributed by atoms with Gasteiger partial charge >= 0.3 is 0 Å². The maximum atomic E-state index is 8.42. The summed E-state index contributed by atoms with van der Waals surface area (Å²) in [6, 6.07) is 4.07. The summed E-state index contributed by atoms with van der Waals surface area (Å²) < 4.78 is 16.8. The fourth-order valence-corrected chi connectivity index (χ4v) is 2.46. The van der Waals surface area contributed by atoms with Gasteiger partial charge in [-0.3, -0.25) is 0 Å². The maximum absolute atomic E-state index is 8.42. The molecule has 1 aromatic carbocycles. The molecule has 0 unspecified atom stereocenters. The van der Waals surface area contributed by atoms with Gasteiger partial charge in [-0.2, -0.15) is 0 Å². The summed E-state index contributed by atoms with van der Waals surface area (Å²) in [4.78, 5) is 8.51. The first-order valence-electron chi connectivity index (χ1n) is 7.95. The third-order valence-corrected chi connectivity index (χ3v) is 3.60. The molecule has 0 spiro atoms. The average Bonchev–Trinajstić information content (AvgIpc) is 2.37. The summed E-state index contributed by atoms with van der Waals surface area (Å²) >= 11 is 0. The molecule has 0 saturated heterocycles. The van der Waals surface area contributed by atoms with E-state index in [0.717, 1.165) is 33.6 Å². The molecule has 2 rings (SSSR count). The molecular formula is C18H24N2. The van der Waals surface area contributed by atoms with Gasteiger partial charge in [-0.05, 0) is 47.9 Å². The Hall–Kier alpha value is -1.70. The van der Waals surface area contributed by atoms with Crippen LogP contribution in [0.4, 0.5) is 0 Å². The van der Waals surface area contributed by atoms with Gasteiger partial charge in [0.05, 0.1) is 0 Å². The first kappa shape index (κ1) is 12.1. The highest BCUT2D eigenvalue weighted by Gasteiger charge is 2.13. The number of nitrogens with zero attached hydrogens (tertiary/aromatic N) is 2. The molecular weight excluding hydrogens is 244 g/mol. The van der Waals surface area contributed by atoms with Crippen molar-refractivity contribution in [2.24, 2.45) is 0 Å². The summed E-state index contributed by atoms with van der Waals surface area (Å²) in [7, 11) is 0. The van der Waals surface area contributed by atoms with Crippen LogP contribution in [0.3, 0.4) is 0 Å². The largest absolute Gasteiger partial charge is 0.241 e. The van der Waals surface area contributed by atoms with Crippen LogP contribution >= 0.6 is 0 Å². The SMILES string of the molecule is [2H]C(C)(C)c1cc(-c2cnc(C)nc2)cc(C([2H])(C)C)c1C. The van der Waals surface area contributed by atoms with E-state index in [2.05, 4.69) is 9.97 Å². The van der Waals surface area contributed by atoms with Gasteiger partial charge in [0.25, 0.3) is 0 Å². The van der Waals surface area contributed by atoms with E-state index in [-0.39, 0.29) is 0 Å². The zero-order valence-electron chi connectivity index (χ0n) is 15.2. The monoisotopic (exact) mass is 270 g/mol. The Kier molecular flexibility index (Phi) is 3.46. The lowest BCUT2D eigenvalue weighted by Crippen LogP contribution is -2.01. The Balaban J connectivity index is 2.73. The smallest absolute Gasteiger partial charge is 0.125 e. The molecule has 0 bridgehead atoms. The van der Waals surface area contributed by atoms with Gasteiger partial charge in [-0.1, -0.05) is 39.8 Å². The Morgan fingerprint density at radius 1 is 0.850 bits per heavy atom. The van der Waals surface area contributed by atoms with E-state index < -0.39 is 11.8 Å². The third kappa shape index (κ3) is 2.90. The van der Waals surface area contributed by atoms with Gasteiger partial charge in [-0.25, -0.2) is 9.97 Å². The molecule has 1 aromatic heterocycles. The number of aryl methyl sites for hydroxylation is 1. The molecule has 0 fully saturated rings. The minimum absolute atomic E-state index is 0.717. The summed E-state index contributed by atoms with van der Waals surface area (Å²) in [5.74, 6) is -0.699. The normalized spacial score (nSPS) is 13.9. The predicted octanol–water partition coefficient (Wildman–Crippen LogP) is 5.01. The molecule has 0 aliphatic heterocycles. The van der Waals surface area contributed by atoms with Crippen LogP contribution in [0.5, 0.6) is 0 Å². The third-order valence-electron chi connectivity index (χ3n) is 3.60. The van der Waals surface area contributed by atoms with Crippen LogP contribution in [0.15, 0.2) is 24.5 Å². The molecule has 0 amide bonds. The molecule has 0 saturated carbocycles. The Morgan fingerprint density at radius 2 is 1.30 bits per heavy atom. The van der Waals surface area contributed by atoms with Crippen LogP contribution in [0.25, 0.3) is 11.1 Å². The zero-order chi connectivity index (χ0) is 16.7. The van der Waals surface area contributed by atoms with E-state index in [1.54, 1.807) is 12.4 Å². The lowest BCUT2D eigenvalue weighted by Gasteiger charge is -2.19. The van der Waals surface area contributed by atoms with E-state index in [4.69, 9.17) is 2.74 Å². The van der Waals surface area contributed by atoms with Crippen molar-refractivity contribution < 1.29 is 2.74 Å². The fourth-order valence-electron chi connectivity index (χ4n) is 2.46. The van der Waals surface area contributed by atoms with Crippen LogP contribution in [0.2, 0.25) is 0 Å². The second-order valence-electron chi connectivity index (χ2n) is 5.72. The minimum Gasteiger partial charge on any atom is -0.241 e. The first-order valence-corrected chi connectivity index (χ1v) is 6.95. The van der Waals surface area contributed by atoms with Crippen molar-refractivity contribution in [1.82, 2.24) is 9.97 Å². The Morgan fingerprint density at radius 3 is 1.70 bits per heavy atom. The number of hydrogen-bond donors (Lipinski definition) is 0. The number of rotatable bonds is 3. The van der Waals surface area contributed by atoms with Crippen LogP contribution in [0, 0.1) is 13.8 Å². The molecule has 0 radical (unpaired) electrons. The fraction of sp³-hybridized carbons (Fsp3) is 0.444. The Labute approximate surface area is 125 Å². The minimum atomic E-state index is -0.717. The molecule has 0 aliphatic rings. The highest BCUT2D eigenvalue weighted by Crippen LogP contribution is 2.32. The number of benzene rings is 1. The molecule has 0 aliphatic carbocycles. The van der Waals surface area contributed by atoms with Gasteiger partial charge in [0.15, 0.2) is 0 Å². The molecule has 20 heavy (non-hydrogen) atoms. The topological polar surface area (TPSA) is 25.8 Å². The molecule has 106 valence electrons. The Bertz CT molecular complexity index is 643. The van der Waals surface area contributed by atoms with Crippen LogP contribution in [-0.4, -0.2) is 9.97 Å². The lowest BCUT2D eigenvalue weighted by atomic mass is 9.86. The second kappa shape index (κ2) is 5.74. The van der Waals surface area contributed by atoms with Crippen LogP contribution in [-0.2, 0) is 0 Å². The van der Waals surface area contributed by atoms with Crippen molar-refractivity contribution in [3.05, 3.63) is 47.0 Å². The van der Waals surface area contributed by atoms with Crippen molar-refractivity contribution >= 4 is 0 Å². The van der Waals surface area contributed by atoms with Gasteiger partial charge in [0, 0.05) is 20.7 Å². The summed E-state index contributed by atoms with van der Waals surface area (Å²) in [6.45, 7) is 11.4. The van der Waals surface area contributed by atoms with Crippen molar-refractivity contribution in [3.8, 4) is 11.1 Å². The molecule has 2 nitrogen and oxygen atoms in total. The second-order valence-corrected chi connectivity index (χ2v) is 5.72. The van der Waals surface area contributed by atoms with E-state index in [1.165, 1.54) is 0 Å².